The molecule has 1 aromatic heterocycles. The number of carbonyl (C=O) groups excluding carboxylic acids is 1. The highest BCUT2D eigenvalue weighted by molar-refractivity contribution is 7.13. The molecule has 0 atom stereocenters. The first-order valence-electron chi connectivity index (χ1n) is 6.83. The van der Waals surface area contributed by atoms with E-state index < -0.39 is 0 Å². The van der Waals surface area contributed by atoms with Gasteiger partial charge in [-0.15, -0.1) is 11.3 Å². The van der Waals surface area contributed by atoms with Gasteiger partial charge in [0.1, 0.15) is 9.88 Å². The van der Waals surface area contributed by atoms with Crippen molar-refractivity contribution >= 4 is 17.3 Å². The smallest absolute Gasteiger partial charge is 0.350 e. The van der Waals surface area contributed by atoms with Crippen LogP contribution in [0.1, 0.15) is 55.0 Å². The third-order valence-electron chi connectivity index (χ3n) is 2.47. The molecule has 1 rings (SSSR count). The van der Waals surface area contributed by atoms with E-state index in [0.29, 0.717) is 30.0 Å². The number of hydrogen-bond donors (Lipinski definition) is 1. The number of hydrogen-bond acceptors (Lipinski definition) is 5. The van der Waals surface area contributed by atoms with Crippen molar-refractivity contribution in [1.82, 2.24) is 10.3 Å². The van der Waals surface area contributed by atoms with Crippen LogP contribution >= 0.6 is 11.3 Å². The zero-order valence-electron chi connectivity index (χ0n) is 12.4. The molecular formula is C14H24N2O2S. The van der Waals surface area contributed by atoms with Crippen LogP contribution in [0.3, 0.4) is 0 Å². The third kappa shape index (κ3) is 5.28. The Labute approximate surface area is 119 Å². The Kier molecular flexibility index (Phi) is 6.45. The van der Waals surface area contributed by atoms with Gasteiger partial charge in [-0.25, -0.2) is 9.78 Å². The molecule has 0 unspecified atom stereocenters. The largest absolute Gasteiger partial charge is 0.462 e. The van der Waals surface area contributed by atoms with Crippen molar-refractivity contribution in [2.75, 3.05) is 6.61 Å². The minimum absolute atomic E-state index is 0.244. The fourth-order valence-corrected chi connectivity index (χ4v) is 2.59. The minimum atomic E-state index is -0.244. The van der Waals surface area contributed by atoms with Gasteiger partial charge in [0, 0.05) is 12.6 Å². The van der Waals surface area contributed by atoms with Crippen LogP contribution in [-0.2, 0) is 17.7 Å². The second-order valence-electron chi connectivity index (χ2n) is 5.24. The SMILES string of the molecule is CCOC(=O)c1sc(CNC(C)C)nc1CC(C)C. The van der Waals surface area contributed by atoms with E-state index in [1.165, 1.54) is 11.3 Å². The zero-order chi connectivity index (χ0) is 14.4. The molecule has 0 saturated heterocycles. The summed E-state index contributed by atoms with van der Waals surface area (Å²) in [5.41, 5.74) is 0.874. The molecule has 0 aliphatic heterocycles. The molecule has 1 N–H and O–H groups in total. The van der Waals surface area contributed by atoms with Gasteiger partial charge in [-0.3, -0.25) is 0 Å². The fraction of sp³-hybridized carbons (Fsp3) is 0.714. The van der Waals surface area contributed by atoms with Crippen LogP contribution in [-0.4, -0.2) is 23.6 Å². The number of ether oxygens (including phenoxy) is 1. The molecule has 0 fully saturated rings. The van der Waals surface area contributed by atoms with Crippen molar-refractivity contribution in [2.45, 2.75) is 53.6 Å². The van der Waals surface area contributed by atoms with E-state index in [2.05, 4.69) is 38.0 Å². The van der Waals surface area contributed by atoms with Gasteiger partial charge in [0.25, 0.3) is 0 Å². The van der Waals surface area contributed by atoms with Crippen molar-refractivity contribution in [3.05, 3.63) is 15.6 Å². The summed E-state index contributed by atoms with van der Waals surface area (Å²) in [5.74, 6) is 0.229. The lowest BCUT2D eigenvalue weighted by molar-refractivity contribution is 0.0530. The maximum absolute atomic E-state index is 11.9. The predicted molar refractivity (Wildman–Crippen MR) is 78.6 cm³/mol. The Hall–Kier alpha value is -0.940. The van der Waals surface area contributed by atoms with Crippen LogP contribution in [0.2, 0.25) is 0 Å². The number of nitrogens with one attached hydrogen (secondary N) is 1. The van der Waals surface area contributed by atoms with Gasteiger partial charge in [0.15, 0.2) is 0 Å². The molecule has 0 aliphatic carbocycles. The summed E-state index contributed by atoms with van der Waals surface area (Å²) in [6.45, 7) is 11.4. The molecule has 5 heteroatoms. The van der Waals surface area contributed by atoms with E-state index in [1.54, 1.807) is 0 Å². The number of thiazole rings is 1. The lowest BCUT2D eigenvalue weighted by Gasteiger charge is -2.04. The van der Waals surface area contributed by atoms with Crippen LogP contribution in [0.15, 0.2) is 0 Å². The Morgan fingerprint density at radius 3 is 2.58 bits per heavy atom. The maximum atomic E-state index is 11.9. The Morgan fingerprint density at radius 2 is 2.05 bits per heavy atom. The van der Waals surface area contributed by atoms with Crippen LogP contribution in [0.4, 0.5) is 0 Å². The normalized spacial score (nSPS) is 11.3. The Morgan fingerprint density at radius 1 is 1.37 bits per heavy atom. The average molecular weight is 284 g/mol. The summed E-state index contributed by atoms with van der Waals surface area (Å²) in [6, 6.07) is 0.406. The maximum Gasteiger partial charge on any atom is 0.350 e. The van der Waals surface area contributed by atoms with Gasteiger partial charge in [-0.1, -0.05) is 27.7 Å². The minimum Gasteiger partial charge on any atom is -0.462 e. The molecule has 4 nitrogen and oxygen atoms in total. The number of esters is 1. The second kappa shape index (κ2) is 7.60. The Bertz CT molecular complexity index is 414. The van der Waals surface area contributed by atoms with E-state index in [9.17, 15) is 4.79 Å². The predicted octanol–water partition coefficient (Wildman–Crippen LogP) is 3.02. The molecule has 0 saturated carbocycles. The van der Waals surface area contributed by atoms with Gasteiger partial charge >= 0.3 is 5.97 Å². The van der Waals surface area contributed by atoms with E-state index in [4.69, 9.17) is 4.74 Å². The summed E-state index contributed by atoms with van der Waals surface area (Å²) in [7, 11) is 0. The van der Waals surface area contributed by atoms with Crippen LogP contribution in [0.25, 0.3) is 0 Å². The lowest BCUT2D eigenvalue weighted by Crippen LogP contribution is -2.21. The molecule has 0 aliphatic rings. The molecule has 19 heavy (non-hydrogen) atoms. The van der Waals surface area contributed by atoms with Gasteiger partial charge < -0.3 is 10.1 Å². The second-order valence-corrected chi connectivity index (χ2v) is 6.32. The zero-order valence-corrected chi connectivity index (χ0v) is 13.3. The highest BCUT2D eigenvalue weighted by Gasteiger charge is 2.19. The van der Waals surface area contributed by atoms with Crippen LogP contribution < -0.4 is 5.32 Å². The summed E-state index contributed by atoms with van der Waals surface area (Å²) in [5, 5.41) is 4.27. The van der Waals surface area contributed by atoms with Crippen LogP contribution in [0, 0.1) is 5.92 Å². The van der Waals surface area contributed by atoms with Crippen molar-refractivity contribution in [3.8, 4) is 0 Å². The highest BCUT2D eigenvalue weighted by Crippen LogP contribution is 2.22. The number of carbonyl (C=O) groups is 1. The third-order valence-corrected chi connectivity index (χ3v) is 3.54. The molecule has 0 radical (unpaired) electrons. The number of aromatic nitrogens is 1. The standard InChI is InChI=1S/C14H24N2O2S/c1-6-18-14(17)13-11(7-9(2)3)16-12(19-13)8-15-10(4)5/h9-10,15H,6-8H2,1-5H3. The summed E-state index contributed by atoms with van der Waals surface area (Å²) in [6.07, 6.45) is 0.812. The molecular weight excluding hydrogens is 260 g/mol. The monoisotopic (exact) mass is 284 g/mol. The first kappa shape index (κ1) is 16.1. The molecule has 1 heterocycles. The van der Waals surface area contributed by atoms with Crippen molar-refractivity contribution < 1.29 is 9.53 Å². The van der Waals surface area contributed by atoms with E-state index >= 15 is 0 Å². The summed E-state index contributed by atoms with van der Waals surface area (Å²) >= 11 is 1.44. The molecule has 0 amide bonds. The summed E-state index contributed by atoms with van der Waals surface area (Å²) in [4.78, 5) is 17.2. The molecule has 0 bridgehead atoms. The Balaban J connectivity index is 2.88. The first-order chi connectivity index (χ1) is 8.93. The summed E-state index contributed by atoms with van der Waals surface area (Å²) < 4.78 is 5.10. The van der Waals surface area contributed by atoms with E-state index in [0.717, 1.165) is 17.1 Å². The van der Waals surface area contributed by atoms with Gasteiger partial charge in [-0.05, 0) is 19.3 Å². The molecule has 0 aromatic carbocycles. The van der Waals surface area contributed by atoms with Crippen molar-refractivity contribution in [1.29, 1.82) is 0 Å². The topological polar surface area (TPSA) is 51.2 Å². The molecule has 0 spiro atoms. The number of nitrogens with zero attached hydrogens (tertiary/aromatic N) is 1. The number of rotatable bonds is 7. The van der Waals surface area contributed by atoms with E-state index in [-0.39, 0.29) is 5.97 Å². The molecule has 1 aromatic rings. The highest BCUT2D eigenvalue weighted by atomic mass is 32.1. The molecule has 108 valence electrons. The van der Waals surface area contributed by atoms with Gasteiger partial charge in [-0.2, -0.15) is 0 Å². The van der Waals surface area contributed by atoms with Crippen LogP contribution in [0.5, 0.6) is 0 Å². The van der Waals surface area contributed by atoms with Gasteiger partial charge in [0.05, 0.1) is 12.3 Å². The van der Waals surface area contributed by atoms with Crippen molar-refractivity contribution in [3.63, 3.8) is 0 Å². The lowest BCUT2D eigenvalue weighted by atomic mass is 10.1. The quantitative estimate of drug-likeness (QED) is 0.782. The van der Waals surface area contributed by atoms with Gasteiger partial charge in [0.2, 0.25) is 0 Å². The fourth-order valence-electron chi connectivity index (χ4n) is 1.65. The average Bonchev–Trinajstić information content (AvgIpc) is 2.69. The van der Waals surface area contributed by atoms with Crippen molar-refractivity contribution in [2.24, 2.45) is 5.92 Å². The first-order valence-corrected chi connectivity index (χ1v) is 7.64. The van der Waals surface area contributed by atoms with E-state index in [1.807, 2.05) is 6.92 Å².